The van der Waals surface area contributed by atoms with Crippen LogP contribution in [0.15, 0.2) is 0 Å². The van der Waals surface area contributed by atoms with E-state index in [1.165, 1.54) is 0 Å². The fourth-order valence-electron chi connectivity index (χ4n) is 1.64. The summed E-state index contributed by atoms with van der Waals surface area (Å²) in [5, 5.41) is 2.55. The standard InChI is InChI=1S/C10H18N2O3/c1-3-4-9(13)12-5-6-15-7-8(12)10(14)11-2/h8H,3-7H2,1-2H3,(H,11,14). The predicted molar refractivity (Wildman–Crippen MR) is 55.3 cm³/mol. The highest BCUT2D eigenvalue weighted by atomic mass is 16.5. The zero-order chi connectivity index (χ0) is 11.3. The molecule has 5 heteroatoms. The van der Waals surface area contributed by atoms with Gasteiger partial charge in [-0.05, 0) is 6.42 Å². The lowest BCUT2D eigenvalue weighted by atomic mass is 10.2. The molecule has 86 valence electrons. The molecule has 5 nitrogen and oxygen atoms in total. The van der Waals surface area contributed by atoms with Crippen LogP contribution >= 0.6 is 0 Å². The van der Waals surface area contributed by atoms with Crippen LogP contribution < -0.4 is 5.32 Å². The van der Waals surface area contributed by atoms with Crippen molar-refractivity contribution in [2.24, 2.45) is 0 Å². The Hall–Kier alpha value is -1.10. The Kier molecular flexibility index (Phi) is 4.55. The molecule has 0 aromatic carbocycles. The number of carbonyl (C=O) groups excluding carboxylic acids is 2. The molecule has 1 heterocycles. The number of ether oxygens (including phenoxy) is 1. The summed E-state index contributed by atoms with van der Waals surface area (Å²) in [5.74, 6) is -0.117. The summed E-state index contributed by atoms with van der Waals surface area (Å²) >= 11 is 0. The van der Waals surface area contributed by atoms with E-state index in [2.05, 4.69) is 5.32 Å². The third-order valence-corrected chi connectivity index (χ3v) is 2.46. The molecule has 0 bridgehead atoms. The van der Waals surface area contributed by atoms with Gasteiger partial charge in [0.05, 0.1) is 13.2 Å². The number of nitrogens with one attached hydrogen (secondary N) is 1. The fourth-order valence-corrected chi connectivity index (χ4v) is 1.64. The molecule has 1 rings (SSSR count). The second-order valence-corrected chi connectivity index (χ2v) is 3.54. The summed E-state index contributed by atoms with van der Waals surface area (Å²) in [7, 11) is 1.57. The van der Waals surface area contributed by atoms with Crippen molar-refractivity contribution in [2.45, 2.75) is 25.8 Å². The van der Waals surface area contributed by atoms with E-state index in [-0.39, 0.29) is 11.8 Å². The van der Waals surface area contributed by atoms with E-state index in [9.17, 15) is 9.59 Å². The number of likely N-dealkylation sites (N-methyl/N-ethyl adjacent to an activating group) is 1. The minimum Gasteiger partial charge on any atom is -0.377 e. The topological polar surface area (TPSA) is 58.6 Å². The zero-order valence-electron chi connectivity index (χ0n) is 9.28. The minimum atomic E-state index is -0.456. The number of amides is 2. The van der Waals surface area contributed by atoms with Crippen molar-refractivity contribution in [3.05, 3.63) is 0 Å². The van der Waals surface area contributed by atoms with Gasteiger partial charge in [0.1, 0.15) is 6.04 Å². The summed E-state index contributed by atoms with van der Waals surface area (Å²) in [6.07, 6.45) is 1.30. The Morgan fingerprint density at radius 1 is 1.53 bits per heavy atom. The van der Waals surface area contributed by atoms with E-state index >= 15 is 0 Å². The van der Waals surface area contributed by atoms with Crippen molar-refractivity contribution < 1.29 is 14.3 Å². The second-order valence-electron chi connectivity index (χ2n) is 3.54. The smallest absolute Gasteiger partial charge is 0.244 e. The SMILES string of the molecule is CCCC(=O)N1CCOCC1C(=O)NC. The van der Waals surface area contributed by atoms with Crippen molar-refractivity contribution in [3.63, 3.8) is 0 Å². The summed E-state index contributed by atoms with van der Waals surface area (Å²) in [4.78, 5) is 24.8. The van der Waals surface area contributed by atoms with Gasteiger partial charge in [0, 0.05) is 20.0 Å². The lowest BCUT2D eigenvalue weighted by Gasteiger charge is -2.34. The van der Waals surface area contributed by atoms with Crippen LogP contribution in [0.4, 0.5) is 0 Å². The summed E-state index contributed by atoms with van der Waals surface area (Å²) in [6.45, 7) is 3.28. The second kappa shape index (κ2) is 5.70. The van der Waals surface area contributed by atoms with E-state index in [1.807, 2.05) is 6.92 Å². The molecule has 0 aromatic heterocycles. The van der Waals surface area contributed by atoms with Gasteiger partial charge >= 0.3 is 0 Å². The van der Waals surface area contributed by atoms with Crippen LogP contribution in [0.3, 0.4) is 0 Å². The minimum absolute atomic E-state index is 0.0365. The molecule has 0 aliphatic carbocycles. The van der Waals surface area contributed by atoms with Crippen molar-refractivity contribution in [1.29, 1.82) is 0 Å². The molecular weight excluding hydrogens is 196 g/mol. The lowest BCUT2D eigenvalue weighted by molar-refractivity contribution is -0.148. The third-order valence-electron chi connectivity index (χ3n) is 2.46. The van der Waals surface area contributed by atoms with Gasteiger partial charge in [-0.3, -0.25) is 9.59 Å². The van der Waals surface area contributed by atoms with Crippen LogP contribution in [0.5, 0.6) is 0 Å². The third kappa shape index (κ3) is 2.92. The highest BCUT2D eigenvalue weighted by Gasteiger charge is 2.31. The van der Waals surface area contributed by atoms with Gasteiger partial charge < -0.3 is 15.0 Å². The highest BCUT2D eigenvalue weighted by molar-refractivity contribution is 5.87. The van der Waals surface area contributed by atoms with E-state index in [0.717, 1.165) is 6.42 Å². The van der Waals surface area contributed by atoms with E-state index in [0.29, 0.717) is 26.2 Å². The molecule has 1 fully saturated rings. The Labute approximate surface area is 89.8 Å². The molecule has 2 amide bonds. The fraction of sp³-hybridized carbons (Fsp3) is 0.800. The predicted octanol–water partition coefficient (Wildman–Crippen LogP) is -0.240. The molecule has 1 N–H and O–H groups in total. The number of hydrogen-bond donors (Lipinski definition) is 1. The van der Waals surface area contributed by atoms with Crippen LogP contribution in [0.25, 0.3) is 0 Å². The van der Waals surface area contributed by atoms with Gasteiger partial charge in [-0.1, -0.05) is 6.92 Å². The Balaban J connectivity index is 2.65. The molecule has 0 spiro atoms. The Morgan fingerprint density at radius 3 is 2.87 bits per heavy atom. The molecular formula is C10H18N2O3. The van der Waals surface area contributed by atoms with Gasteiger partial charge in [-0.25, -0.2) is 0 Å². The van der Waals surface area contributed by atoms with Crippen LogP contribution in [0, 0.1) is 0 Å². The molecule has 0 aromatic rings. The molecule has 1 unspecified atom stereocenters. The summed E-state index contributed by atoms with van der Waals surface area (Å²) in [6, 6.07) is -0.456. The average molecular weight is 214 g/mol. The first kappa shape index (κ1) is 12.0. The van der Waals surface area contributed by atoms with Gasteiger partial charge in [-0.15, -0.1) is 0 Å². The maximum Gasteiger partial charge on any atom is 0.244 e. The summed E-state index contributed by atoms with van der Waals surface area (Å²) < 4.78 is 5.21. The highest BCUT2D eigenvalue weighted by Crippen LogP contribution is 2.09. The molecule has 1 saturated heterocycles. The van der Waals surface area contributed by atoms with Gasteiger partial charge in [0.25, 0.3) is 0 Å². The van der Waals surface area contributed by atoms with Crippen LogP contribution in [-0.2, 0) is 14.3 Å². The number of morpholine rings is 1. The van der Waals surface area contributed by atoms with Crippen molar-refractivity contribution in [3.8, 4) is 0 Å². The zero-order valence-corrected chi connectivity index (χ0v) is 9.28. The van der Waals surface area contributed by atoms with E-state index in [4.69, 9.17) is 4.74 Å². The van der Waals surface area contributed by atoms with Gasteiger partial charge in [0.2, 0.25) is 11.8 Å². The first-order chi connectivity index (χ1) is 7.20. The monoisotopic (exact) mass is 214 g/mol. The van der Waals surface area contributed by atoms with Crippen molar-refractivity contribution in [1.82, 2.24) is 10.2 Å². The number of hydrogen-bond acceptors (Lipinski definition) is 3. The van der Waals surface area contributed by atoms with Crippen molar-refractivity contribution in [2.75, 3.05) is 26.8 Å². The molecule has 0 radical (unpaired) electrons. The maximum absolute atomic E-state index is 11.7. The largest absolute Gasteiger partial charge is 0.377 e. The molecule has 1 atom stereocenters. The molecule has 0 saturated carbocycles. The molecule has 1 aliphatic heterocycles. The van der Waals surface area contributed by atoms with E-state index < -0.39 is 6.04 Å². The Morgan fingerprint density at radius 2 is 2.27 bits per heavy atom. The first-order valence-corrected chi connectivity index (χ1v) is 5.29. The van der Waals surface area contributed by atoms with E-state index in [1.54, 1.807) is 11.9 Å². The molecule has 1 aliphatic rings. The average Bonchev–Trinajstić information content (AvgIpc) is 2.28. The number of carbonyl (C=O) groups is 2. The first-order valence-electron chi connectivity index (χ1n) is 5.29. The van der Waals surface area contributed by atoms with Crippen molar-refractivity contribution >= 4 is 11.8 Å². The quantitative estimate of drug-likeness (QED) is 0.705. The number of rotatable bonds is 3. The normalized spacial score (nSPS) is 21.2. The Bertz CT molecular complexity index is 243. The number of nitrogens with zero attached hydrogens (tertiary/aromatic N) is 1. The van der Waals surface area contributed by atoms with Gasteiger partial charge in [0.15, 0.2) is 0 Å². The van der Waals surface area contributed by atoms with Gasteiger partial charge in [-0.2, -0.15) is 0 Å². The maximum atomic E-state index is 11.7. The lowest BCUT2D eigenvalue weighted by Crippen LogP contribution is -2.55. The van der Waals surface area contributed by atoms with Crippen LogP contribution in [0.1, 0.15) is 19.8 Å². The van der Waals surface area contributed by atoms with Crippen LogP contribution in [0.2, 0.25) is 0 Å². The molecule has 15 heavy (non-hydrogen) atoms. The summed E-state index contributed by atoms with van der Waals surface area (Å²) in [5.41, 5.74) is 0. The van der Waals surface area contributed by atoms with Crippen LogP contribution in [-0.4, -0.2) is 49.6 Å².